The van der Waals surface area contributed by atoms with Crippen LogP contribution in [0.5, 0.6) is 17.2 Å². The van der Waals surface area contributed by atoms with E-state index >= 15 is 0 Å². The Morgan fingerprint density at radius 2 is 1.42 bits per heavy atom. The molecule has 0 aliphatic rings. The third kappa shape index (κ3) is 6.57. The van der Waals surface area contributed by atoms with Crippen LogP contribution in [0.15, 0.2) is 66.7 Å². The van der Waals surface area contributed by atoms with Crippen molar-refractivity contribution in [3.05, 3.63) is 78.1 Å². The first-order valence-corrected chi connectivity index (χ1v) is 10.6. The van der Waals surface area contributed by atoms with Crippen molar-refractivity contribution < 1.29 is 23.4 Å². The number of halogens is 1. The molecular weight excluding hydrogens is 395 g/mol. The van der Waals surface area contributed by atoms with Crippen LogP contribution in [0.2, 0.25) is 0 Å². The number of rotatable bonds is 9. The highest BCUT2D eigenvalue weighted by Gasteiger charge is 2.10. The fourth-order valence-electron chi connectivity index (χ4n) is 3.21. The molecule has 0 unspecified atom stereocenters. The summed E-state index contributed by atoms with van der Waals surface area (Å²) < 4.78 is 30.3. The first kappa shape index (κ1) is 22.3. The lowest BCUT2D eigenvalue weighted by Gasteiger charge is -2.09. The molecule has 0 amide bonds. The van der Waals surface area contributed by atoms with Crippen molar-refractivity contribution in [1.29, 1.82) is 0 Å². The van der Waals surface area contributed by atoms with Crippen LogP contribution in [-0.4, -0.2) is 12.8 Å². The molecule has 0 spiro atoms. The number of benzene rings is 3. The SMILES string of the molecule is CCCCCc1ccc(-c2ccc(OC(=O)Oc3ccc(OCC)cc3)cc2)c(F)c1. The van der Waals surface area contributed by atoms with Gasteiger partial charge in [0.25, 0.3) is 0 Å². The Bertz CT molecular complexity index is 981. The van der Waals surface area contributed by atoms with Gasteiger partial charge in [0.1, 0.15) is 23.1 Å². The van der Waals surface area contributed by atoms with Crippen molar-refractivity contribution in [1.82, 2.24) is 0 Å². The maximum Gasteiger partial charge on any atom is 0.519 e. The van der Waals surface area contributed by atoms with Gasteiger partial charge < -0.3 is 14.2 Å². The summed E-state index contributed by atoms with van der Waals surface area (Å²) in [6.07, 6.45) is 3.39. The summed E-state index contributed by atoms with van der Waals surface area (Å²) in [6, 6.07) is 18.7. The smallest absolute Gasteiger partial charge is 0.494 e. The van der Waals surface area contributed by atoms with E-state index < -0.39 is 6.16 Å². The predicted octanol–water partition coefficient (Wildman–Crippen LogP) is 7.20. The molecular formula is C26H27FO4. The normalized spacial score (nSPS) is 10.5. The molecule has 0 aliphatic carbocycles. The highest BCUT2D eigenvalue weighted by Crippen LogP contribution is 2.27. The van der Waals surface area contributed by atoms with E-state index in [9.17, 15) is 9.18 Å². The van der Waals surface area contributed by atoms with Gasteiger partial charge in [-0.15, -0.1) is 0 Å². The van der Waals surface area contributed by atoms with Crippen molar-refractivity contribution in [2.75, 3.05) is 6.61 Å². The fourth-order valence-corrected chi connectivity index (χ4v) is 3.21. The lowest BCUT2D eigenvalue weighted by atomic mass is 10.0. The van der Waals surface area contributed by atoms with Crippen LogP contribution in [0, 0.1) is 5.82 Å². The van der Waals surface area contributed by atoms with Crippen LogP contribution in [-0.2, 0) is 6.42 Å². The fraction of sp³-hybridized carbons (Fsp3) is 0.269. The number of hydrogen-bond acceptors (Lipinski definition) is 4. The van der Waals surface area contributed by atoms with E-state index in [0.29, 0.717) is 35.0 Å². The topological polar surface area (TPSA) is 44.8 Å². The first-order valence-electron chi connectivity index (χ1n) is 10.6. The second-order valence-corrected chi connectivity index (χ2v) is 7.15. The van der Waals surface area contributed by atoms with E-state index in [0.717, 1.165) is 31.2 Å². The predicted molar refractivity (Wildman–Crippen MR) is 119 cm³/mol. The molecule has 0 heterocycles. The molecule has 3 rings (SSSR count). The quantitative estimate of drug-likeness (QED) is 0.208. The van der Waals surface area contributed by atoms with Gasteiger partial charge in [0.05, 0.1) is 6.61 Å². The minimum Gasteiger partial charge on any atom is -0.494 e. The van der Waals surface area contributed by atoms with Crippen LogP contribution in [0.1, 0.15) is 38.7 Å². The zero-order chi connectivity index (χ0) is 22.1. The van der Waals surface area contributed by atoms with Gasteiger partial charge in [0, 0.05) is 5.56 Å². The number of carbonyl (C=O) groups is 1. The molecule has 0 saturated carbocycles. The van der Waals surface area contributed by atoms with Crippen LogP contribution in [0.3, 0.4) is 0 Å². The summed E-state index contributed by atoms with van der Waals surface area (Å²) >= 11 is 0. The van der Waals surface area contributed by atoms with Crippen LogP contribution >= 0.6 is 0 Å². The van der Waals surface area contributed by atoms with Crippen molar-refractivity contribution >= 4 is 6.16 Å². The van der Waals surface area contributed by atoms with E-state index in [4.69, 9.17) is 14.2 Å². The average molecular weight is 422 g/mol. The maximum atomic E-state index is 14.6. The Balaban J connectivity index is 1.59. The molecule has 31 heavy (non-hydrogen) atoms. The molecule has 3 aromatic carbocycles. The molecule has 0 radical (unpaired) electrons. The molecule has 0 aliphatic heterocycles. The van der Waals surface area contributed by atoms with Crippen molar-refractivity contribution in [3.63, 3.8) is 0 Å². The van der Waals surface area contributed by atoms with E-state index in [1.165, 1.54) is 0 Å². The van der Waals surface area contributed by atoms with Gasteiger partial charge in [-0.2, -0.15) is 0 Å². The zero-order valence-corrected chi connectivity index (χ0v) is 17.9. The number of unbranched alkanes of at least 4 members (excludes halogenated alkanes) is 2. The summed E-state index contributed by atoms with van der Waals surface area (Å²) in [7, 11) is 0. The van der Waals surface area contributed by atoms with Gasteiger partial charge in [-0.1, -0.05) is 44.0 Å². The Morgan fingerprint density at radius 1 is 0.806 bits per heavy atom. The standard InChI is InChI=1S/C26H27FO4/c1-3-5-6-7-19-8-17-24(25(27)18-19)20-9-11-22(12-10-20)30-26(28)31-23-15-13-21(14-16-23)29-4-2/h8-18H,3-7H2,1-2H3. The third-order valence-corrected chi connectivity index (χ3v) is 4.80. The van der Waals surface area contributed by atoms with Crippen LogP contribution < -0.4 is 14.2 Å². The van der Waals surface area contributed by atoms with Gasteiger partial charge in [0.2, 0.25) is 0 Å². The van der Waals surface area contributed by atoms with Crippen molar-refractivity contribution in [2.24, 2.45) is 0 Å². The summed E-state index contributed by atoms with van der Waals surface area (Å²) in [5.41, 5.74) is 2.24. The Kier molecular flexibility index (Phi) is 8.05. The highest BCUT2D eigenvalue weighted by molar-refractivity contribution is 5.69. The largest absolute Gasteiger partial charge is 0.519 e. The number of ether oxygens (including phenoxy) is 3. The van der Waals surface area contributed by atoms with Gasteiger partial charge in [-0.05, 0) is 73.4 Å². The van der Waals surface area contributed by atoms with E-state index in [-0.39, 0.29) is 5.82 Å². The van der Waals surface area contributed by atoms with Gasteiger partial charge in [0.15, 0.2) is 0 Å². The summed E-state index contributed by atoms with van der Waals surface area (Å²) in [5, 5.41) is 0. The van der Waals surface area contributed by atoms with Crippen LogP contribution in [0.4, 0.5) is 9.18 Å². The minimum absolute atomic E-state index is 0.252. The number of hydrogen-bond donors (Lipinski definition) is 0. The monoisotopic (exact) mass is 422 g/mol. The molecule has 0 saturated heterocycles. The summed E-state index contributed by atoms with van der Waals surface area (Å²) in [4.78, 5) is 12.0. The highest BCUT2D eigenvalue weighted by atomic mass is 19.1. The molecule has 162 valence electrons. The Hall–Kier alpha value is -3.34. The lowest BCUT2D eigenvalue weighted by molar-refractivity contribution is 0.152. The van der Waals surface area contributed by atoms with Crippen LogP contribution in [0.25, 0.3) is 11.1 Å². The van der Waals surface area contributed by atoms with E-state index in [2.05, 4.69) is 6.92 Å². The van der Waals surface area contributed by atoms with Crippen molar-refractivity contribution in [2.45, 2.75) is 39.5 Å². The molecule has 0 N–H and O–H groups in total. The molecule has 3 aromatic rings. The Morgan fingerprint density at radius 3 is 2.00 bits per heavy atom. The second-order valence-electron chi connectivity index (χ2n) is 7.15. The number of carbonyl (C=O) groups excluding carboxylic acids is 1. The van der Waals surface area contributed by atoms with Gasteiger partial charge >= 0.3 is 6.16 Å². The molecule has 0 aromatic heterocycles. The Labute approximate surface area is 182 Å². The van der Waals surface area contributed by atoms with Crippen molar-refractivity contribution in [3.8, 4) is 28.4 Å². The van der Waals surface area contributed by atoms with Gasteiger partial charge in [-0.3, -0.25) is 0 Å². The first-order chi connectivity index (χ1) is 15.1. The number of aryl methyl sites for hydroxylation is 1. The maximum absolute atomic E-state index is 14.6. The lowest BCUT2D eigenvalue weighted by Crippen LogP contribution is -2.13. The van der Waals surface area contributed by atoms with Gasteiger partial charge in [-0.25, -0.2) is 9.18 Å². The summed E-state index contributed by atoms with van der Waals surface area (Å²) in [5.74, 6) is 1.11. The molecule has 0 bridgehead atoms. The third-order valence-electron chi connectivity index (χ3n) is 4.80. The molecule has 4 nitrogen and oxygen atoms in total. The molecule has 0 atom stereocenters. The zero-order valence-electron chi connectivity index (χ0n) is 17.9. The van der Waals surface area contributed by atoms with E-state index in [1.54, 1.807) is 60.7 Å². The average Bonchev–Trinajstić information content (AvgIpc) is 2.76. The molecule has 5 heteroatoms. The summed E-state index contributed by atoms with van der Waals surface area (Å²) in [6.45, 7) is 4.60. The molecule has 0 fully saturated rings. The minimum atomic E-state index is -0.848. The van der Waals surface area contributed by atoms with E-state index in [1.807, 2.05) is 13.0 Å². The second kappa shape index (κ2) is 11.2.